The van der Waals surface area contributed by atoms with E-state index in [4.69, 9.17) is 39.6 Å². The van der Waals surface area contributed by atoms with E-state index in [2.05, 4.69) is 0 Å². The van der Waals surface area contributed by atoms with E-state index in [9.17, 15) is 0 Å². The van der Waals surface area contributed by atoms with Crippen LogP contribution >= 0.6 is 0 Å². The molecule has 0 aliphatic carbocycles. The van der Waals surface area contributed by atoms with Gasteiger partial charge in [0, 0.05) is 51.2 Å². The van der Waals surface area contributed by atoms with Gasteiger partial charge in [-0.1, -0.05) is 0 Å². The molecule has 108 valence electrons. The topological polar surface area (TPSA) is 161 Å². The molecule has 0 rings (SSSR count). The molecule has 8 nitrogen and oxygen atoms in total. The molecule has 0 heterocycles. The molecule has 0 aromatic rings. The van der Waals surface area contributed by atoms with Crippen molar-refractivity contribution in [1.82, 2.24) is 0 Å². The van der Waals surface area contributed by atoms with Gasteiger partial charge in [-0.3, -0.25) is 0 Å². The molecule has 0 bridgehead atoms. The zero-order valence-electron chi connectivity index (χ0n) is 9.77. The summed E-state index contributed by atoms with van der Waals surface area (Å²) in [5, 5.41) is 35.6. The second kappa shape index (κ2) is 30.1. The Morgan fingerprint density at radius 2 is 0.556 bits per heavy atom. The molecule has 18 heavy (non-hydrogen) atoms. The number of carboxylic acid groups (broad SMARTS) is 4. The Kier molecular flexibility index (Phi) is 60.3. The standard InChI is InChI=1S/4C2H4O2.2Pb.4H/c4*1-2(3)4;;;;;;/h4*1H3,(H,3,4);;;;;;/p-4. The molecular weight excluding hydrogens is 638 g/mol. The predicted octanol–water partition coefficient (Wildman–Crippen LogP) is -6.81. The van der Waals surface area contributed by atoms with Gasteiger partial charge < -0.3 is 39.6 Å². The Balaban J connectivity index is -0.0000000257. The second-order valence-corrected chi connectivity index (χ2v) is 1.97. The van der Waals surface area contributed by atoms with Crippen molar-refractivity contribution in [2.75, 3.05) is 0 Å². The van der Waals surface area contributed by atoms with Gasteiger partial charge in [-0.2, -0.15) is 0 Å². The summed E-state index contributed by atoms with van der Waals surface area (Å²) in [5.41, 5.74) is 0. The summed E-state index contributed by atoms with van der Waals surface area (Å²) < 4.78 is 0. The Morgan fingerprint density at radius 1 is 0.556 bits per heavy atom. The monoisotopic (exact) mass is 656 g/mol. The van der Waals surface area contributed by atoms with Crippen LogP contribution in [0.15, 0.2) is 0 Å². The number of rotatable bonds is 0. The minimum absolute atomic E-state index is 0. The Bertz CT molecular complexity index is 165. The molecule has 0 aromatic heterocycles. The van der Waals surface area contributed by atoms with E-state index in [1.54, 1.807) is 0 Å². The van der Waals surface area contributed by atoms with Crippen LogP contribution in [0.5, 0.6) is 0 Å². The van der Waals surface area contributed by atoms with E-state index in [1.165, 1.54) is 0 Å². The van der Waals surface area contributed by atoms with Crippen molar-refractivity contribution in [2.45, 2.75) is 27.7 Å². The van der Waals surface area contributed by atoms with Crippen LogP contribution in [0.4, 0.5) is 0 Å². The summed E-state index contributed by atoms with van der Waals surface area (Å²) in [6, 6.07) is 0. The van der Waals surface area contributed by atoms with Gasteiger partial charge in [-0.25, -0.2) is 0 Å². The fourth-order valence-electron chi connectivity index (χ4n) is 0. The average Bonchev–Trinajstić information content (AvgIpc) is 1.76. The van der Waals surface area contributed by atoms with Crippen LogP contribution < -0.4 is 20.4 Å². The molecule has 0 saturated heterocycles. The predicted molar refractivity (Wildman–Crippen MR) is 59.8 cm³/mol. The number of aliphatic carboxylic acids is 4. The maximum Gasteiger partial charge on any atom is 0 e. The van der Waals surface area contributed by atoms with Crippen LogP contribution in [0.2, 0.25) is 0 Å². The fraction of sp³-hybridized carbons (Fsp3) is 0.500. The first-order chi connectivity index (χ1) is 6.93. The third-order valence-corrected chi connectivity index (χ3v) is 0. The van der Waals surface area contributed by atoms with Crippen molar-refractivity contribution in [2.24, 2.45) is 0 Å². The van der Waals surface area contributed by atoms with Gasteiger partial charge in [0.15, 0.2) is 0 Å². The molecule has 4 radical (unpaired) electrons. The minimum atomic E-state index is -1.08. The summed E-state index contributed by atoms with van der Waals surface area (Å²) >= 11 is 0. The van der Waals surface area contributed by atoms with Crippen molar-refractivity contribution in [3.05, 3.63) is 0 Å². The maximum absolute atomic E-state index is 8.89. The molecule has 10 heteroatoms. The Hall–Kier alpha value is -0.276. The van der Waals surface area contributed by atoms with E-state index >= 15 is 0 Å². The second-order valence-electron chi connectivity index (χ2n) is 1.97. The molecule has 0 unspecified atom stereocenters. The summed E-state index contributed by atoms with van der Waals surface area (Å²) in [5.74, 6) is -4.33. The van der Waals surface area contributed by atoms with Gasteiger partial charge in [-0.15, -0.1) is 0 Å². The smallest absolute Gasteiger partial charge is 0 e. The van der Waals surface area contributed by atoms with E-state index in [0.717, 1.165) is 27.7 Å². The third-order valence-electron chi connectivity index (χ3n) is 0. The molecule has 0 aromatic carbocycles. The van der Waals surface area contributed by atoms with Gasteiger partial charge >= 0.3 is 27.3 Å². The summed E-state index contributed by atoms with van der Waals surface area (Å²) in [4.78, 5) is 35.6. The van der Waals surface area contributed by atoms with Crippen LogP contribution in [0.1, 0.15) is 27.7 Å². The summed E-state index contributed by atoms with van der Waals surface area (Å²) in [6.07, 6.45) is 0. The number of hydrogen-bond acceptors (Lipinski definition) is 8. The van der Waals surface area contributed by atoms with Crippen LogP contribution in [-0.4, -0.2) is 78.5 Å². The Morgan fingerprint density at radius 3 is 0.556 bits per heavy atom. The van der Waals surface area contributed by atoms with Crippen molar-refractivity contribution in [1.29, 1.82) is 0 Å². The van der Waals surface area contributed by atoms with Gasteiger partial charge in [0.1, 0.15) is 0 Å². The first-order valence-electron chi connectivity index (χ1n) is 3.63. The zero-order valence-corrected chi connectivity index (χ0v) is 13.7. The minimum Gasteiger partial charge on any atom is 0 e. The largest absolute Gasteiger partial charge is 0 e. The van der Waals surface area contributed by atoms with Gasteiger partial charge in [0.2, 0.25) is 0 Å². The van der Waals surface area contributed by atoms with E-state index < -0.39 is 23.9 Å². The summed E-state index contributed by atoms with van der Waals surface area (Å²) in [6.45, 7) is 3.89. The normalized spacial score (nSPS) is 5.56. The zero-order chi connectivity index (χ0) is 14.3. The Labute approximate surface area is 145 Å². The molecule has 0 amide bonds. The maximum atomic E-state index is 8.89. The molecule has 0 aliphatic heterocycles. The van der Waals surface area contributed by atoms with Gasteiger partial charge in [-0.05, 0) is 27.7 Å². The first-order valence-corrected chi connectivity index (χ1v) is 3.63. The molecule has 0 spiro atoms. The number of carbonyl (C=O) groups is 4. The average molecular weight is 655 g/mol. The van der Waals surface area contributed by atoms with Gasteiger partial charge in [0.25, 0.3) is 0 Å². The number of hydrogen-bond donors (Lipinski definition) is 0. The van der Waals surface area contributed by atoms with E-state index in [0.29, 0.717) is 0 Å². The SMILES string of the molecule is CC(=O)[O-].CC(=O)[O-].CC(=O)[O-].CC(=O)[O-].[PbH4].[Pb]. The molecule has 0 fully saturated rings. The number of carboxylic acids is 4. The fourth-order valence-corrected chi connectivity index (χ4v) is 0. The number of carbonyl (C=O) groups excluding carboxylic acids is 4. The van der Waals surface area contributed by atoms with Crippen molar-refractivity contribution < 1.29 is 39.6 Å². The van der Waals surface area contributed by atoms with Crippen LogP contribution in [0, 0.1) is 0 Å². The first kappa shape index (κ1) is 36.1. The van der Waals surface area contributed by atoms with Crippen molar-refractivity contribution in [3.63, 3.8) is 0 Å². The molecule has 0 N–H and O–H groups in total. The molecule has 0 aliphatic rings. The van der Waals surface area contributed by atoms with Gasteiger partial charge in [0.05, 0.1) is 0 Å². The van der Waals surface area contributed by atoms with Crippen molar-refractivity contribution in [3.8, 4) is 0 Å². The van der Waals surface area contributed by atoms with E-state index in [-0.39, 0.29) is 54.6 Å². The van der Waals surface area contributed by atoms with Crippen LogP contribution in [0.25, 0.3) is 0 Å². The van der Waals surface area contributed by atoms with Crippen LogP contribution in [-0.2, 0) is 19.2 Å². The molecular formula is C8H16O8Pb2-4. The molecule has 0 saturated carbocycles. The van der Waals surface area contributed by atoms with Crippen molar-refractivity contribution >= 4 is 78.5 Å². The van der Waals surface area contributed by atoms with Crippen LogP contribution in [0.3, 0.4) is 0 Å². The molecule has 0 atom stereocenters. The quantitative estimate of drug-likeness (QED) is 0.233. The summed E-state index contributed by atoms with van der Waals surface area (Å²) in [7, 11) is 0. The van der Waals surface area contributed by atoms with E-state index in [1.807, 2.05) is 0 Å². The third kappa shape index (κ3) is 44800.